The first-order valence-electron chi connectivity index (χ1n) is 4.59. The lowest BCUT2D eigenvalue weighted by Gasteiger charge is -2.11. The van der Waals surface area contributed by atoms with E-state index in [0.29, 0.717) is 11.3 Å². The number of hydrogen-bond donors (Lipinski definition) is 1. The molecule has 0 aliphatic carbocycles. The summed E-state index contributed by atoms with van der Waals surface area (Å²) in [7, 11) is 1.49. The molecule has 1 atom stereocenters. The molecule has 15 heavy (non-hydrogen) atoms. The molecule has 0 aliphatic rings. The van der Waals surface area contributed by atoms with E-state index in [2.05, 4.69) is 4.74 Å². The minimum absolute atomic E-state index is 0.318. The van der Waals surface area contributed by atoms with Gasteiger partial charge < -0.3 is 14.6 Å². The number of aliphatic hydroxyl groups is 1. The van der Waals surface area contributed by atoms with Crippen LogP contribution in [0.1, 0.15) is 22.8 Å². The summed E-state index contributed by atoms with van der Waals surface area (Å²) in [4.78, 5) is 11.5. The van der Waals surface area contributed by atoms with E-state index in [-0.39, 0.29) is 0 Å². The molecular formula is C11H14O4. The van der Waals surface area contributed by atoms with Gasteiger partial charge in [-0.15, -0.1) is 0 Å². The molecular weight excluding hydrogens is 196 g/mol. The van der Waals surface area contributed by atoms with E-state index in [9.17, 15) is 4.79 Å². The van der Waals surface area contributed by atoms with Crippen LogP contribution in [0, 0.1) is 6.92 Å². The van der Waals surface area contributed by atoms with E-state index >= 15 is 0 Å². The molecule has 0 spiro atoms. The number of esters is 1. The summed E-state index contributed by atoms with van der Waals surface area (Å²) >= 11 is 0. The van der Waals surface area contributed by atoms with Crippen LogP contribution in [-0.2, 0) is 4.74 Å². The summed E-state index contributed by atoms with van der Waals surface area (Å²) in [6, 6.07) is 5.16. The molecule has 1 unspecified atom stereocenters. The second kappa shape index (κ2) is 4.79. The van der Waals surface area contributed by atoms with Crippen molar-refractivity contribution in [3.8, 4) is 5.75 Å². The summed E-state index contributed by atoms with van der Waals surface area (Å²) in [5, 5.41) is 8.93. The third kappa shape index (κ3) is 2.70. The highest BCUT2D eigenvalue weighted by molar-refractivity contribution is 5.93. The molecule has 0 saturated carbocycles. The van der Waals surface area contributed by atoms with Crippen LogP contribution in [0.5, 0.6) is 5.75 Å². The summed E-state index contributed by atoms with van der Waals surface area (Å²) in [6.07, 6.45) is -1.12. The molecule has 0 aliphatic heterocycles. The first-order chi connectivity index (χ1) is 7.06. The number of hydrogen-bond acceptors (Lipinski definition) is 4. The zero-order valence-corrected chi connectivity index (χ0v) is 8.98. The van der Waals surface area contributed by atoms with E-state index in [4.69, 9.17) is 9.84 Å². The van der Waals surface area contributed by atoms with Crippen LogP contribution in [0.3, 0.4) is 0 Å². The van der Waals surface area contributed by atoms with Gasteiger partial charge in [-0.25, -0.2) is 4.79 Å². The summed E-state index contributed by atoms with van der Waals surface area (Å²) in [5.41, 5.74) is 1.16. The number of benzene rings is 1. The van der Waals surface area contributed by atoms with Gasteiger partial charge in [-0.3, -0.25) is 0 Å². The van der Waals surface area contributed by atoms with Crippen molar-refractivity contribution >= 4 is 5.97 Å². The maximum absolute atomic E-state index is 11.5. The molecule has 82 valence electrons. The Morgan fingerprint density at radius 2 is 2.13 bits per heavy atom. The number of ether oxygens (including phenoxy) is 2. The van der Waals surface area contributed by atoms with Crippen LogP contribution in [0.15, 0.2) is 18.2 Å². The van der Waals surface area contributed by atoms with E-state index in [1.165, 1.54) is 14.0 Å². The number of aliphatic hydroxyl groups excluding tert-OH is 1. The lowest BCUT2D eigenvalue weighted by molar-refractivity contribution is -0.0524. The predicted octanol–water partition coefficient (Wildman–Crippen LogP) is 1.50. The number of para-hydroxylation sites is 1. The Morgan fingerprint density at radius 1 is 1.47 bits per heavy atom. The van der Waals surface area contributed by atoms with Crippen LogP contribution in [0.2, 0.25) is 0 Å². The SMILES string of the molecule is COc1c(C)cccc1C(=O)OC(C)O. The molecule has 0 bridgehead atoms. The molecule has 1 rings (SSSR count). The molecule has 0 aromatic heterocycles. The Labute approximate surface area is 88.4 Å². The van der Waals surface area contributed by atoms with Gasteiger partial charge in [0.1, 0.15) is 11.3 Å². The van der Waals surface area contributed by atoms with Crippen LogP contribution >= 0.6 is 0 Å². The van der Waals surface area contributed by atoms with Crippen molar-refractivity contribution in [2.45, 2.75) is 20.1 Å². The molecule has 0 radical (unpaired) electrons. The van der Waals surface area contributed by atoms with Gasteiger partial charge in [0.05, 0.1) is 7.11 Å². The molecule has 0 fully saturated rings. The smallest absolute Gasteiger partial charge is 0.344 e. The standard InChI is InChI=1S/C11H14O4/c1-7-5-4-6-9(10(7)14-3)11(13)15-8(2)12/h4-6,8,12H,1-3H3. The van der Waals surface area contributed by atoms with E-state index < -0.39 is 12.3 Å². The average molecular weight is 210 g/mol. The van der Waals surface area contributed by atoms with Crippen molar-refractivity contribution < 1.29 is 19.4 Å². The van der Waals surface area contributed by atoms with Gasteiger partial charge in [0.15, 0.2) is 6.29 Å². The van der Waals surface area contributed by atoms with Crippen molar-refractivity contribution in [1.82, 2.24) is 0 Å². The molecule has 0 amide bonds. The maximum Gasteiger partial charge on any atom is 0.344 e. The van der Waals surface area contributed by atoms with E-state index in [1.807, 2.05) is 13.0 Å². The van der Waals surface area contributed by atoms with Crippen molar-refractivity contribution in [1.29, 1.82) is 0 Å². The van der Waals surface area contributed by atoms with Crippen molar-refractivity contribution in [2.24, 2.45) is 0 Å². The van der Waals surface area contributed by atoms with Gasteiger partial charge >= 0.3 is 5.97 Å². The first kappa shape index (κ1) is 11.5. The second-order valence-electron chi connectivity index (χ2n) is 3.16. The highest BCUT2D eigenvalue weighted by Crippen LogP contribution is 2.23. The Bertz CT molecular complexity index is 358. The van der Waals surface area contributed by atoms with Gasteiger partial charge in [0, 0.05) is 0 Å². The van der Waals surface area contributed by atoms with Crippen LogP contribution in [-0.4, -0.2) is 24.5 Å². The molecule has 1 N–H and O–H groups in total. The second-order valence-corrected chi connectivity index (χ2v) is 3.16. The fourth-order valence-corrected chi connectivity index (χ4v) is 1.30. The van der Waals surface area contributed by atoms with Crippen molar-refractivity contribution in [2.75, 3.05) is 7.11 Å². The normalized spacial score (nSPS) is 12.0. The number of carbonyl (C=O) groups excluding carboxylic acids is 1. The summed E-state index contributed by atoms with van der Waals surface area (Å²) in [5.74, 6) is -0.117. The van der Waals surface area contributed by atoms with E-state index in [1.54, 1.807) is 12.1 Å². The minimum atomic E-state index is -1.12. The largest absolute Gasteiger partial charge is 0.496 e. The predicted molar refractivity (Wildman–Crippen MR) is 54.8 cm³/mol. The highest BCUT2D eigenvalue weighted by atomic mass is 16.6. The van der Waals surface area contributed by atoms with E-state index in [0.717, 1.165) is 5.56 Å². The molecule has 1 aromatic carbocycles. The molecule has 1 aromatic rings. The van der Waals surface area contributed by atoms with Gasteiger partial charge in [0.2, 0.25) is 0 Å². The van der Waals surface area contributed by atoms with Crippen LogP contribution < -0.4 is 4.74 Å². The van der Waals surface area contributed by atoms with Crippen molar-refractivity contribution in [3.63, 3.8) is 0 Å². The Morgan fingerprint density at radius 3 is 2.67 bits per heavy atom. The Kier molecular flexibility index (Phi) is 3.68. The lowest BCUT2D eigenvalue weighted by atomic mass is 10.1. The third-order valence-electron chi connectivity index (χ3n) is 1.91. The molecule has 0 saturated heterocycles. The quantitative estimate of drug-likeness (QED) is 0.606. The monoisotopic (exact) mass is 210 g/mol. The van der Waals surface area contributed by atoms with Crippen LogP contribution in [0.4, 0.5) is 0 Å². The van der Waals surface area contributed by atoms with Gasteiger partial charge in [-0.05, 0) is 25.5 Å². The van der Waals surface area contributed by atoms with Gasteiger partial charge in [0.25, 0.3) is 0 Å². The molecule has 4 heteroatoms. The zero-order chi connectivity index (χ0) is 11.4. The fraction of sp³-hybridized carbons (Fsp3) is 0.364. The number of rotatable bonds is 3. The molecule has 4 nitrogen and oxygen atoms in total. The lowest BCUT2D eigenvalue weighted by Crippen LogP contribution is -2.15. The maximum atomic E-state index is 11.5. The average Bonchev–Trinajstić information content (AvgIpc) is 2.16. The van der Waals surface area contributed by atoms with Gasteiger partial charge in [-0.1, -0.05) is 12.1 Å². The number of methoxy groups -OCH3 is 1. The van der Waals surface area contributed by atoms with Gasteiger partial charge in [-0.2, -0.15) is 0 Å². The summed E-state index contributed by atoms with van der Waals surface area (Å²) < 4.78 is 9.77. The zero-order valence-electron chi connectivity index (χ0n) is 8.98. The third-order valence-corrected chi connectivity index (χ3v) is 1.91. The topological polar surface area (TPSA) is 55.8 Å². The highest BCUT2D eigenvalue weighted by Gasteiger charge is 2.16. The number of aryl methyl sites for hydroxylation is 1. The molecule has 0 heterocycles. The Balaban J connectivity index is 3.03. The minimum Gasteiger partial charge on any atom is -0.496 e. The fourth-order valence-electron chi connectivity index (χ4n) is 1.30. The number of carbonyl (C=O) groups is 1. The van der Waals surface area contributed by atoms with Crippen molar-refractivity contribution in [3.05, 3.63) is 29.3 Å². The summed E-state index contributed by atoms with van der Waals surface area (Å²) in [6.45, 7) is 3.21. The first-order valence-corrected chi connectivity index (χ1v) is 4.59. The Hall–Kier alpha value is -1.55. The van der Waals surface area contributed by atoms with Crippen LogP contribution in [0.25, 0.3) is 0 Å².